The second-order valence-electron chi connectivity index (χ2n) is 5.72. The molecule has 5 nitrogen and oxygen atoms in total. The fraction of sp³-hybridized carbons (Fsp3) is 0.0526. The Morgan fingerprint density at radius 3 is 2.00 bits per heavy atom. The van der Waals surface area contributed by atoms with Crippen LogP contribution in [0.1, 0.15) is 0 Å². The summed E-state index contributed by atoms with van der Waals surface area (Å²) in [5, 5.41) is 1.07. The highest BCUT2D eigenvalue weighted by Crippen LogP contribution is 2.29. The molecule has 0 bridgehead atoms. The van der Waals surface area contributed by atoms with Gasteiger partial charge in [0.1, 0.15) is 5.01 Å². The molecule has 0 aliphatic carbocycles. The van der Waals surface area contributed by atoms with Crippen LogP contribution < -0.4 is 4.57 Å². The van der Waals surface area contributed by atoms with Gasteiger partial charge >= 0.3 is 5.51 Å². The lowest BCUT2D eigenvalue weighted by atomic mass is 10.2. The van der Waals surface area contributed by atoms with Crippen molar-refractivity contribution in [3.05, 3.63) is 79.1 Å². The van der Waals surface area contributed by atoms with Crippen LogP contribution in [0.2, 0.25) is 0 Å². The normalized spacial score (nSPS) is 11.7. The predicted molar refractivity (Wildman–Crippen MR) is 102 cm³/mol. The topological polar surface area (TPSA) is 74.0 Å². The van der Waals surface area contributed by atoms with Gasteiger partial charge in [-0.15, -0.1) is 11.3 Å². The highest BCUT2D eigenvalue weighted by Gasteiger charge is 2.36. The van der Waals surface area contributed by atoms with E-state index in [1.165, 1.54) is 4.70 Å². The number of para-hydroxylation sites is 2. The number of thiazole rings is 1. The van der Waals surface area contributed by atoms with E-state index in [-0.39, 0.29) is 0 Å². The van der Waals surface area contributed by atoms with Gasteiger partial charge < -0.3 is 4.55 Å². The van der Waals surface area contributed by atoms with E-state index in [1.54, 1.807) is 11.3 Å². The predicted octanol–water partition coefficient (Wildman–Crippen LogP) is 4.29. The minimum absolute atomic E-state index is 1.07. The van der Waals surface area contributed by atoms with Crippen LogP contribution in [0, 0.1) is 0 Å². The second-order valence-corrected chi connectivity index (χ2v) is 8.12. The molecule has 2 aromatic heterocycles. The molecule has 0 saturated heterocycles. The monoisotopic (exact) mass is 438 g/mol. The summed E-state index contributed by atoms with van der Waals surface area (Å²) < 4.78 is 62.2. The molecule has 2 heterocycles. The number of hydrogen-bond donors (Lipinski definition) is 0. The van der Waals surface area contributed by atoms with E-state index in [1.807, 2.05) is 24.3 Å². The first-order valence-electron chi connectivity index (χ1n) is 8.10. The summed E-state index contributed by atoms with van der Waals surface area (Å²) in [5.74, 6) is 0. The summed E-state index contributed by atoms with van der Waals surface area (Å²) in [7, 11) is -6.09. The molecule has 0 aliphatic heterocycles. The van der Waals surface area contributed by atoms with Crippen LogP contribution in [0.4, 0.5) is 13.2 Å². The number of fused-ring (bicyclic) bond motifs is 1. The SMILES string of the molecule is O=S(=O)([O-])C(F)(F)F.c1ccc(-[n+]2ccc(-c3nc4ccccc4s3)cc2)cc1. The van der Waals surface area contributed by atoms with E-state index in [9.17, 15) is 13.2 Å². The maximum atomic E-state index is 10.7. The molecule has 4 aromatic rings. The van der Waals surface area contributed by atoms with Gasteiger partial charge in [0, 0.05) is 29.8 Å². The molecule has 29 heavy (non-hydrogen) atoms. The largest absolute Gasteiger partial charge is 0.741 e. The van der Waals surface area contributed by atoms with Crippen LogP contribution in [0.3, 0.4) is 0 Å². The average Bonchev–Trinajstić information content (AvgIpc) is 3.12. The zero-order valence-corrected chi connectivity index (χ0v) is 16.2. The molecular weight excluding hydrogens is 425 g/mol. The van der Waals surface area contributed by atoms with E-state index < -0.39 is 15.6 Å². The Balaban J connectivity index is 0.000000258. The first kappa shape index (κ1) is 20.9. The van der Waals surface area contributed by atoms with Crippen molar-refractivity contribution < 1.29 is 30.7 Å². The van der Waals surface area contributed by atoms with Crippen LogP contribution in [0.5, 0.6) is 0 Å². The molecule has 4 rings (SSSR count). The number of halogens is 3. The Kier molecular flexibility index (Phi) is 5.96. The third kappa shape index (κ3) is 5.17. The lowest BCUT2D eigenvalue weighted by Crippen LogP contribution is -2.28. The van der Waals surface area contributed by atoms with Crippen molar-refractivity contribution in [1.29, 1.82) is 0 Å². The maximum Gasteiger partial charge on any atom is 0.485 e. The molecule has 2 aromatic carbocycles. The van der Waals surface area contributed by atoms with E-state index in [4.69, 9.17) is 18.0 Å². The van der Waals surface area contributed by atoms with Crippen molar-refractivity contribution in [3.63, 3.8) is 0 Å². The Hall–Kier alpha value is -2.82. The molecular formula is C19H13F3N2O3S2. The molecule has 0 spiro atoms. The second kappa shape index (κ2) is 8.27. The summed E-state index contributed by atoms with van der Waals surface area (Å²) in [4.78, 5) is 4.69. The zero-order valence-electron chi connectivity index (χ0n) is 14.6. The van der Waals surface area contributed by atoms with Gasteiger partial charge in [-0.25, -0.2) is 13.4 Å². The molecule has 10 heteroatoms. The fourth-order valence-electron chi connectivity index (χ4n) is 2.34. The quantitative estimate of drug-likeness (QED) is 0.266. The van der Waals surface area contributed by atoms with Crippen molar-refractivity contribution in [1.82, 2.24) is 4.98 Å². The molecule has 150 valence electrons. The molecule has 0 amide bonds. The van der Waals surface area contributed by atoms with Crippen LogP contribution in [0.25, 0.3) is 26.5 Å². The number of aromatic nitrogens is 2. The van der Waals surface area contributed by atoms with Crippen LogP contribution in [-0.4, -0.2) is 23.5 Å². The Morgan fingerprint density at radius 1 is 0.897 bits per heavy atom. The first-order valence-corrected chi connectivity index (χ1v) is 10.3. The Morgan fingerprint density at radius 2 is 1.45 bits per heavy atom. The van der Waals surface area contributed by atoms with Crippen LogP contribution >= 0.6 is 11.3 Å². The van der Waals surface area contributed by atoms with E-state index >= 15 is 0 Å². The van der Waals surface area contributed by atoms with Gasteiger partial charge in [-0.05, 0) is 12.1 Å². The smallest absolute Gasteiger partial charge is 0.485 e. The van der Waals surface area contributed by atoms with Crippen molar-refractivity contribution in [3.8, 4) is 16.3 Å². The van der Waals surface area contributed by atoms with Gasteiger partial charge in [0.25, 0.3) is 0 Å². The van der Waals surface area contributed by atoms with Crippen molar-refractivity contribution in [2.75, 3.05) is 0 Å². The minimum Gasteiger partial charge on any atom is -0.741 e. The number of alkyl halides is 3. The highest BCUT2D eigenvalue weighted by atomic mass is 32.2. The molecule has 0 unspecified atom stereocenters. The van der Waals surface area contributed by atoms with Crippen molar-refractivity contribution in [2.24, 2.45) is 0 Å². The standard InChI is InChI=1S/C18H13N2S.CHF3O3S/c1-2-6-15(7-3-1)20-12-10-14(11-13-20)18-19-16-8-4-5-9-17(16)21-18;2-1(3,4)8(5,6)7/h1-13H;(H,5,6,7)/q+1;/p-1. The Bertz CT molecular complexity index is 1170. The molecule has 0 N–H and O–H groups in total. The van der Waals surface area contributed by atoms with Gasteiger partial charge in [-0.2, -0.15) is 17.7 Å². The van der Waals surface area contributed by atoms with E-state index in [2.05, 4.69) is 59.4 Å². The third-order valence-electron chi connectivity index (χ3n) is 3.71. The van der Waals surface area contributed by atoms with E-state index in [0.29, 0.717) is 0 Å². The van der Waals surface area contributed by atoms with E-state index in [0.717, 1.165) is 21.8 Å². The Labute approximate surface area is 168 Å². The molecule has 0 atom stereocenters. The van der Waals surface area contributed by atoms with Gasteiger partial charge in [0.15, 0.2) is 22.5 Å². The third-order valence-corrected chi connectivity index (χ3v) is 5.36. The summed E-state index contributed by atoms with van der Waals surface area (Å²) in [5.41, 5.74) is -2.26. The first-order chi connectivity index (χ1) is 13.6. The highest BCUT2D eigenvalue weighted by molar-refractivity contribution is 7.86. The summed E-state index contributed by atoms with van der Waals surface area (Å²) in [6.45, 7) is 0. The van der Waals surface area contributed by atoms with Gasteiger partial charge in [-0.1, -0.05) is 30.3 Å². The average molecular weight is 438 g/mol. The maximum absolute atomic E-state index is 10.7. The number of rotatable bonds is 2. The molecule has 0 saturated carbocycles. The van der Waals surface area contributed by atoms with Gasteiger partial charge in [0.05, 0.1) is 10.2 Å². The van der Waals surface area contributed by atoms with Crippen LogP contribution in [-0.2, 0) is 10.1 Å². The molecule has 0 fully saturated rings. The fourth-order valence-corrected chi connectivity index (χ4v) is 3.31. The summed E-state index contributed by atoms with van der Waals surface area (Å²) in [6, 6.07) is 22.8. The number of benzene rings is 2. The van der Waals surface area contributed by atoms with Crippen LogP contribution in [0.15, 0.2) is 79.1 Å². The van der Waals surface area contributed by atoms with Gasteiger partial charge in [-0.3, -0.25) is 0 Å². The van der Waals surface area contributed by atoms with Crippen molar-refractivity contribution >= 4 is 31.7 Å². The summed E-state index contributed by atoms with van der Waals surface area (Å²) >= 11 is 1.73. The number of pyridine rings is 1. The lowest BCUT2D eigenvalue weighted by Gasteiger charge is -2.08. The number of nitrogens with zero attached hydrogens (tertiary/aromatic N) is 2. The van der Waals surface area contributed by atoms with Gasteiger partial charge in [0.2, 0.25) is 5.69 Å². The molecule has 0 radical (unpaired) electrons. The lowest BCUT2D eigenvalue weighted by molar-refractivity contribution is -0.595. The minimum atomic E-state index is -6.09. The zero-order chi connectivity index (χ0) is 21.1. The molecule has 0 aliphatic rings. The number of hydrogen-bond acceptors (Lipinski definition) is 5. The van der Waals surface area contributed by atoms with Crippen molar-refractivity contribution in [2.45, 2.75) is 5.51 Å². The summed E-state index contributed by atoms with van der Waals surface area (Å²) in [6.07, 6.45) is 4.16.